The maximum Gasteiger partial charge on any atom is 0.121 e. The number of nitrogens with zero attached hydrogens (tertiary/aromatic N) is 3. The van der Waals surface area contributed by atoms with Crippen LogP contribution in [0.25, 0.3) is 0 Å². The molecule has 5 heteroatoms. The molecule has 2 fully saturated rings. The van der Waals surface area contributed by atoms with Gasteiger partial charge in [0.1, 0.15) is 11.2 Å². The van der Waals surface area contributed by atoms with E-state index in [0.717, 1.165) is 62.3 Å². The predicted octanol–water partition coefficient (Wildman–Crippen LogP) is 5.82. The van der Waals surface area contributed by atoms with Crippen molar-refractivity contribution in [2.75, 3.05) is 43.5 Å². The number of methoxy groups -OCH3 is 1. The quantitative estimate of drug-likeness (QED) is 0.470. The second-order valence-corrected chi connectivity index (χ2v) is 10.9. The Morgan fingerprint density at radius 1 is 0.973 bits per heavy atom. The van der Waals surface area contributed by atoms with E-state index in [4.69, 9.17) is 4.74 Å². The zero-order valence-electron chi connectivity index (χ0n) is 21.7. The summed E-state index contributed by atoms with van der Waals surface area (Å²) in [5, 5.41) is 14.6. The predicted molar refractivity (Wildman–Crippen MR) is 149 cm³/mol. The van der Waals surface area contributed by atoms with Crippen LogP contribution in [0.3, 0.4) is 0 Å². The maximum absolute atomic E-state index is 10.6. The van der Waals surface area contributed by atoms with Crippen molar-refractivity contribution in [3.05, 3.63) is 90.0 Å². The van der Waals surface area contributed by atoms with Crippen LogP contribution in [0, 0.1) is 11.3 Å². The molecule has 0 radical (unpaired) electrons. The Balaban J connectivity index is 1.20. The summed E-state index contributed by atoms with van der Waals surface area (Å²) in [6, 6.07) is 30.4. The second-order valence-electron chi connectivity index (χ2n) is 10.9. The van der Waals surface area contributed by atoms with Gasteiger partial charge in [-0.1, -0.05) is 60.7 Å². The van der Waals surface area contributed by atoms with Crippen molar-refractivity contribution in [1.29, 1.82) is 5.26 Å². The van der Waals surface area contributed by atoms with Crippen molar-refractivity contribution in [2.45, 2.75) is 49.1 Å². The molecule has 190 valence electrons. The van der Waals surface area contributed by atoms with Gasteiger partial charge in [0.15, 0.2) is 0 Å². The average Bonchev–Trinajstić information content (AvgIpc) is 3.47. The lowest BCUT2D eigenvalue weighted by atomic mass is 9.72. The topological polar surface area (TPSA) is 51.5 Å². The molecule has 0 amide bonds. The van der Waals surface area contributed by atoms with Gasteiger partial charge in [-0.05, 0) is 55.4 Å². The van der Waals surface area contributed by atoms with Crippen LogP contribution in [0.2, 0.25) is 0 Å². The number of benzene rings is 3. The summed E-state index contributed by atoms with van der Waals surface area (Å²) in [7, 11) is 1.74. The SMILES string of the molecule is COc1ccc2c(c1)NC1(CCN(CCC(C#N)(c3ccccc3)c3ccccc3)CC1)C1CCCN21. The van der Waals surface area contributed by atoms with Crippen LogP contribution in [-0.2, 0) is 5.41 Å². The fourth-order valence-corrected chi connectivity index (χ4v) is 7.02. The molecule has 0 aromatic heterocycles. The molecule has 3 aromatic carbocycles. The first-order valence-corrected chi connectivity index (χ1v) is 13.6. The van der Waals surface area contributed by atoms with Crippen LogP contribution in [0.1, 0.15) is 43.2 Å². The molecule has 5 nitrogen and oxygen atoms in total. The van der Waals surface area contributed by atoms with Gasteiger partial charge in [-0.25, -0.2) is 0 Å². The molecule has 0 saturated carbocycles. The standard InChI is InChI=1S/C32H36N4O/c1-37-27-14-15-29-28(23-27)34-32(30-13-8-19-36(29)30)17-21-35(22-18-32)20-16-31(24-33,25-9-4-2-5-10-25)26-11-6-3-7-12-26/h2-7,9-12,14-15,23,30,34H,8,13,16-22H2,1H3. The smallest absolute Gasteiger partial charge is 0.121 e. The molecule has 2 saturated heterocycles. The highest BCUT2D eigenvalue weighted by Crippen LogP contribution is 2.48. The van der Waals surface area contributed by atoms with Crippen LogP contribution in [0.15, 0.2) is 78.9 Å². The minimum atomic E-state index is -0.640. The Hall–Kier alpha value is -3.49. The van der Waals surface area contributed by atoms with E-state index in [1.807, 2.05) is 36.4 Å². The van der Waals surface area contributed by atoms with Gasteiger partial charge in [0, 0.05) is 32.2 Å². The molecule has 3 aromatic rings. The van der Waals surface area contributed by atoms with E-state index in [2.05, 4.69) is 63.7 Å². The van der Waals surface area contributed by atoms with Crippen molar-refractivity contribution < 1.29 is 4.74 Å². The highest BCUT2D eigenvalue weighted by molar-refractivity contribution is 5.76. The molecule has 0 aliphatic carbocycles. The van der Waals surface area contributed by atoms with Gasteiger partial charge in [0.05, 0.1) is 36.1 Å². The molecule has 1 unspecified atom stereocenters. The summed E-state index contributed by atoms with van der Waals surface area (Å²) in [6.45, 7) is 4.13. The lowest BCUT2D eigenvalue weighted by molar-refractivity contribution is 0.149. The molecule has 1 spiro atoms. The van der Waals surface area contributed by atoms with Crippen LogP contribution in [-0.4, -0.2) is 49.8 Å². The third-order valence-corrected chi connectivity index (χ3v) is 9.06. The normalized spacial score (nSPS) is 20.5. The van der Waals surface area contributed by atoms with E-state index in [9.17, 15) is 5.26 Å². The number of piperidine rings is 1. The Labute approximate surface area is 220 Å². The number of rotatable bonds is 6. The van der Waals surface area contributed by atoms with Crippen LogP contribution in [0.4, 0.5) is 11.4 Å². The summed E-state index contributed by atoms with van der Waals surface area (Å²) in [4.78, 5) is 5.22. The number of ether oxygens (including phenoxy) is 1. The van der Waals surface area contributed by atoms with Gasteiger partial charge < -0.3 is 19.9 Å². The summed E-state index contributed by atoms with van der Waals surface area (Å²) in [6.07, 6.45) is 5.51. The molecular weight excluding hydrogens is 456 g/mol. The van der Waals surface area contributed by atoms with Gasteiger partial charge in [0.2, 0.25) is 0 Å². The Bertz CT molecular complexity index is 1220. The molecular formula is C32H36N4O. The molecule has 3 heterocycles. The minimum absolute atomic E-state index is 0.0948. The van der Waals surface area contributed by atoms with E-state index in [0.29, 0.717) is 6.04 Å². The Morgan fingerprint density at radius 2 is 1.65 bits per heavy atom. The molecule has 0 bridgehead atoms. The molecule has 6 rings (SSSR count). The lowest BCUT2D eigenvalue weighted by Gasteiger charge is -2.53. The molecule has 1 N–H and O–H groups in total. The number of anilines is 2. The minimum Gasteiger partial charge on any atom is -0.497 e. The van der Waals surface area contributed by atoms with Crippen LogP contribution in [0.5, 0.6) is 5.75 Å². The van der Waals surface area contributed by atoms with Crippen molar-refractivity contribution >= 4 is 11.4 Å². The summed E-state index contributed by atoms with van der Waals surface area (Å²) in [5.41, 5.74) is 4.15. The monoisotopic (exact) mass is 492 g/mol. The van der Waals surface area contributed by atoms with Crippen molar-refractivity contribution in [2.24, 2.45) is 0 Å². The number of likely N-dealkylation sites (tertiary alicyclic amines) is 1. The number of fused-ring (bicyclic) bond motifs is 4. The van der Waals surface area contributed by atoms with Crippen molar-refractivity contribution in [3.8, 4) is 11.8 Å². The Kier molecular flexibility index (Phi) is 6.30. The van der Waals surface area contributed by atoms with E-state index in [1.54, 1.807) is 7.11 Å². The largest absolute Gasteiger partial charge is 0.497 e. The third kappa shape index (κ3) is 4.14. The van der Waals surface area contributed by atoms with Gasteiger partial charge in [-0.3, -0.25) is 0 Å². The first-order valence-electron chi connectivity index (χ1n) is 13.6. The molecule has 3 aliphatic heterocycles. The average molecular weight is 493 g/mol. The highest BCUT2D eigenvalue weighted by Gasteiger charge is 2.49. The molecule has 3 aliphatic rings. The second kappa shape index (κ2) is 9.76. The zero-order chi connectivity index (χ0) is 25.3. The summed E-state index contributed by atoms with van der Waals surface area (Å²) in [5.74, 6) is 0.908. The van der Waals surface area contributed by atoms with Crippen LogP contribution >= 0.6 is 0 Å². The van der Waals surface area contributed by atoms with Crippen LogP contribution < -0.4 is 15.0 Å². The Morgan fingerprint density at radius 3 is 2.27 bits per heavy atom. The van der Waals surface area contributed by atoms with Gasteiger partial charge in [-0.2, -0.15) is 5.26 Å². The van der Waals surface area contributed by atoms with E-state index >= 15 is 0 Å². The van der Waals surface area contributed by atoms with E-state index in [-0.39, 0.29) is 5.54 Å². The van der Waals surface area contributed by atoms with E-state index < -0.39 is 5.41 Å². The molecule has 37 heavy (non-hydrogen) atoms. The highest BCUT2D eigenvalue weighted by atomic mass is 16.5. The number of hydrogen-bond donors (Lipinski definition) is 1. The number of nitriles is 1. The maximum atomic E-state index is 10.6. The van der Waals surface area contributed by atoms with Gasteiger partial charge >= 0.3 is 0 Å². The zero-order valence-corrected chi connectivity index (χ0v) is 21.7. The van der Waals surface area contributed by atoms with E-state index in [1.165, 1.54) is 24.2 Å². The molecule has 1 atom stereocenters. The first-order chi connectivity index (χ1) is 18.2. The fourth-order valence-electron chi connectivity index (χ4n) is 7.02. The summed E-state index contributed by atoms with van der Waals surface area (Å²) < 4.78 is 5.54. The van der Waals surface area contributed by atoms with Crippen molar-refractivity contribution in [1.82, 2.24) is 4.90 Å². The van der Waals surface area contributed by atoms with Gasteiger partial charge in [-0.15, -0.1) is 0 Å². The first kappa shape index (κ1) is 23.9. The van der Waals surface area contributed by atoms with Crippen molar-refractivity contribution in [3.63, 3.8) is 0 Å². The lowest BCUT2D eigenvalue weighted by Crippen LogP contribution is -2.62. The number of nitrogens with one attached hydrogen (secondary N) is 1. The fraction of sp³-hybridized carbons (Fsp3) is 0.406. The summed E-state index contributed by atoms with van der Waals surface area (Å²) >= 11 is 0. The van der Waals surface area contributed by atoms with Gasteiger partial charge in [0.25, 0.3) is 0 Å². The third-order valence-electron chi connectivity index (χ3n) is 9.06. The number of hydrogen-bond acceptors (Lipinski definition) is 5.